The largest absolute Gasteiger partial charge is 0.356 e. The Hall–Kier alpha value is -1.30. The van der Waals surface area contributed by atoms with E-state index >= 15 is 0 Å². The molecule has 1 amide bonds. The van der Waals surface area contributed by atoms with E-state index in [1.54, 1.807) is 6.33 Å². The molecule has 0 spiro atoms. The summed E-state index contributed by atoms with van der Waals surface area (Å²) in [6, 6.07) is 1.99. The summed E-state index contributed by atoms with van der Waals surface area (Å²) in [7, 11) is 0. The molecule has 0 saturated carbocycles. The molecule has 0 aliphatic carbocycles. The topological polar surface area (TPSA) is 49.3 Å². The number of carbonyl (C=O) groups is 1. The molecule has 0 aromatic carbocycles. The van der Waals surface area contributed by atoms with Gasteiger partial charge in [-0.3, -0.25) is 4.79 Å². The lowest BCUT2D eigenvalue weighted by Crippen LogP contribution is -2.42. The van der Waals surface area contributed by atoms with Gasteiger partial charge in [-0.2, -0.15) is 11.8 Å². The van der Waals surface area contributed by atoms with Crippen LogP contribution in [0.3, 0.4) is 0 Å². The van der Waals surface area contributed by atoms with Gasteiger partial charge < -0.3 is 9.80 Å². The van der Waals surface area contributed by atoms with Crippen molar-refractivity contribution in [3.8, 4) is 0 Å². The minimum absolute atomic E-state index is 0.133. The molecule has 1 aromatic rings. The van der Waals surface area contributed by atoms with Gasteiger partial charge in [0.15, 0.2) is 0 Å². The summed E-state index contributed by atoms with van der Waals surface area (Å²) in [4.78, 5) is 25.2. The molecule has 2 fully saturated rings. The third kappa shape index (κ3) is 2.90. The van der Waals surface area contributed by atoms with E-state index in [2.05, 4.69) is 14.9 Å². The molecule has 108 valence electrons. The van der Waals surface area contributed by atoms with Gasteiger partial charge in [0.05, 0.1) is 5.92 Å². The van der Waals surface area contributed by atoms with Gasteiger partial charge in [0.1, 0.15) is 12.1 Å². The minimum atomic E-state index is 0.133. The highest BCUT2D eigenvalue weighted by molar-refractivity contribution is 7.99. The van der Waals surface area contributed by atoms with Crippen LogP contribution in [0.1, 0.15) is 12.1 Å². The van der Waals surface area contributed by atoms with Crippen LogP contribution in [0.15, 0.2) is 12.4 Å². The molecule has 1 aromatic heterocycles. The first-order valence-corrected chi connectivity index (χ1v) is 8.29. The summed E-state index contributed by atoms with van der Waals surface area (Å²) >= 11 is 1.94. The standard InChI is InChI=1S/C14H20N4OS/c1-11-8-13(16-10-15-11)18-3-2-12(9-18)14(19)17-4-6-20-7-5-17/h8,10,12H,2-7,9H2,1H3. The fourth-order valence-corrected chi connectivity index (χ4v) is 3.73. The summed E-state index contributed by atoms with van der Waals surface area (Å²) in [5.41, 5.74) is 0.970. The van der Waals surface area contributed by atoms with Crippen molar-refractivity contribution in [2.45, 2.75) is 13.3 Å². The number of hydrogen-bond donors (Lipinski definition) is 0. The maximum atomic E-state index is 12.5. The van der Waals surface area contributed by atoms with E-state index in [4.69, 9.17) is 0 Å². The highest BCUT2D eigenvalue weighted by Gasteiger charge is 2.32. The number of thioether (sulfide) groups is 1. The number of carbonyl (C=O) groups excluding carboxylic acids is 1. The average Bonchev–Trinajstić information content (AvgIpc) is 2.97. The number of aromatic nitrogens is 2. The quantitative estimate of drug-likeness (QED) is 0.819. The van der Waals surface area contributed by atoms with E-state index in [9.17, 15) is 4.79 Å². The molecule has 0 bridgehead atoms. The Kier molecular flexibility index (Phi) is 4.10. The van der Waals surface area contributed by atoms with Crippen molar-refractivity contribution in [3.63, 3.8) is 0 Å². The van der Waals surface area contributed by atoms with Gasteiger partial charge in [0.2, 0.25) is 5.91 Å². The van der Waals surface area contributed by atoms with Crippen molar-refractivity contribution in [1.29, 1.82) is 0 Å². The van der Waals surface area contributed by atoms with Gasteiger partial charge in [-0.1, -0.05) is 0 Å². The molecule has 2 aliphatic rings. The molecule has 1 unspecified atom stereocenters. The predicted octanol–water partition coefficient (Wildman–Crippen LogP) is 1.19. The van der Waals surface area contributed by atoms with E-state index in [1.165, 1.54) is 0 Å². The SMILES string of the molecule is Cc1cc(N2CCC(C(=O)N3CCSCC3)C2)ncn1. The number of amides is 1. The van der Waals surface area contributed by atoms with Gasteiger partial charge >= 0.3 is 0 Å². The van der Waals surface area contributed by atoms with E-state index in [0.717, 1.165) is 55.6 Å². The van der Waals surface area contributed by atoms with Crippen molar-refractivity contribution >= 4 is 23.5 Å². The molecule has 2 saturated heterocycles. The van der Waals surface area contributed by atoms with Crippen LogP contribution in [0, 0.1) is 12.8 Å². The van der Waals surface area contributed by atoms with Crippen LogP contribution in [0.25, 0.3) is 0 Å². The van der Waals surface area contributed by atoms with Gasteiger partial charge in [-0.25, -0.2) is 9.97 Å². The van der Waals surface area contributed by atoms with Crippen molar-refractivity contribution in [1.82, 2.24) is 14.9 Å². The molecule has 0 radical (unpaired) electrons. The lowest BCUT2D eigenvalue weighted by Gasteiger charge is -2.29. The molecule has 6 heteroatoms. The average molecular weight is 292 g/mol. The fourth-order valence-electron chi connectivity index (χ4n) is 2.83. The van der Waals surface area contributed by atoms with E-state index < -0.39 is 0 Å². The van der Waals surface area contributed by atoms with Crippen molar-refractivity contribution in [3.05, 3.63) is 18.1 Å². The normalized spacial score (nSPS) is 23.1. The molecule has 5 nitrogen and oxygen atoms in total. The summed E-state index contributed by atoms with van der Waals surface area (Å²) in [5.74, 6) is 3.56. The Labute approximate surface area is 123 Å². The van der Waals surface area contributed by atoms with Crippen LogP contribution in [0.4, 0.5) is 5.82 Å². The molecular weight excluding hydrogens is 272 g/mol. The molecule has 3 rings (SSSR count). The highest BCUT2D eigenvalue weighted by Crippen LogP contribution is 2.24. The van der Waals surface area contributed by atoms with Crippen molar-refractivity contribution in [2.24, 2.45) is 5.92 Å². The second-order valence-corrected chi connectivity index (χ2v) is 6.61. The van der Waals surface area contributed by atoms with E-state index in [0.29, 0.717) is 5.91 Å². The second-order valence-electron chi connectivity index (χ2n) is 5.39. The van der Waals surface area contributed by atoms with Gasteiger partial charge in [-0.15, -0.1) is 0 Å². The maximum Gasteiger partial charge on any atom is 0.227 e. The molecule has 3 heterocycles. The zero-order valence-corrected chi connectivity index (χ0v) is 12.6. The third-order valence-corrected chi connectivity index (χ3v) is 4.92. The van der Waals surface area contributed by atoms with E-state index in [1.807, 2.05) is 29.7 Å². The Morgan fingerprint density at radius 1 is 1.30 bits per heavy atom. The highest BCUT2D eigenvalue weighted by atomic mass is 32.2. The monoisotopic (exact) mass is 292 g/mol. The fraction of sp³-hybridized carbons (Fsp3) is 0.643. The van der Waals surface area contributed by atoms with Gasteiger partial charge in [0.25, 0.3) is 0 Å². The lowest BCUT2D eigenvalue weighted by atomic mass is 10.1. The third-order valence-electron chi connectivity index (χ3n) is 3.97. The first kappa shape index (κ1) is 13.7. The van der Waals surface area contributed by atoms with Crippen LogP contribution in [0.5, 0.6) is 0 Å². The van der Waals surface area contributed by atoms with E-state index in [-0.39, 0.29) is 5.92 Å². The van der Waals surface area contributed by atoms with Gasteiger partial charge in [0, 0.05) is 49.4 Å². The number of rotatable bonds is 2. The molecular formula is C14H20N4OS. The molecule has 0 N–H and O–H groups in total. The first-order chi connectivity index (χ1) is 9.74. The number of anilines is 1. The lowest BCUT2D eigenvalue weighted by molar-refractivity contribution is -0.134. The minimum Gasteiger partial charge on any atom is -0.356 e. The smallest absolute Gasteiger partial charge is 0.227 e. The van der Waals surface area contributed by atoms with Gasteiger partial charge in [-0.05, 0) is 13.3 Å². The Balaban J connectivity index is 1.63. The first-order valence-electron chi connectivity index (χ1n) is 7.14. The van der Waals surface area contributed by atoms with Crippen LogP contribution in [0.2, 0.25) is 0 Å². The predicted molar refractivity (Wildman–Crippen MR) is 81.0 cm³/mol. The zero-order valence-electron chi connectivity index (χ0n) is 11.8. The summed E-state index contributed by atoms with van der Waals surface area (Å²) in [6.07, 6.45) is 2.53. The summed E-state index contributed by atoms with van der Waals surface area (Å²) < 4.78 is 0. The molecule has 1 atom stereocenters. The van der Waals surface area contributed by atoms with Crippen LogP contribution < -0.4 is 4.90 Å². The Morgan fingerprint density at radius 3 is 2.85 bits per heavy atom. The maximum absolute atomic E-state index is 12.5. The Morgan fingerprint density at radius 2 is 2.10 bits per heavy atom. The number of hydrogen-bond acceptors (Lipinski definition) is 5. The second kappa shape index (κ2) is 5.99. The zero-order chi connectivity index (χ0) is 13.9. The van der Waals surface area contributed by atoms with Crippen LogP contribution >= 0.6 is 11.8 Å². The molecule has 2 aliphatic heterocycles. The molecule has 20 heavy (non-hydrogen) atoms. The van der Waals surface area contributed by atoms with Crippen LogP contribution in [-0.4, -0.2) is 58.5 Å². The van der Waals surface area contributed by atoms with Crippen molar-refractivity contribution < 1.29 is 4.79 Å². The van der Waals surface area contributed by atoms with Crippen LogP contribution in [-0.2, 0) is 4.79 Å². The summed E-state index contributed by atoms with van der Waals surface area (Å²) in [6.45, 7) is 5.49. The number of aryl methyl sites for hydroxylation is 1. The Bertz CT molecular complexity index is 490. The van der Waals surface area contributed by atoms with Crippen molar-refractivity contribution in [2.75, 3.05) is 42.6 Å². The number of nitrogens with zero attached hydrogens (tertiary/aromatic N) is 4. The summed E-state index contributed by atoms with van der Waals surface area (Å²) in [5, 5.41) is 0.